The molecule has 3 aromatic rings. The maximum atomic E-state index is 12.2. The van der Waals surface area contributed by atoms with Crippen molar-refractivity contribution in [2.45, 2.75) is 11.8 Å². The Hall–Kier alpha value is -2.60. The number of rotatable bonds is 4. The van der Waals surface area contributed by atoms with Crippen molar-refractivity contribution in [1.82, 2.24) is 4.98 Å². The van der Waals surface area contributed by atoms with Crippen molar-refractivity contribution < 1.29 is 17.4 Å². The monoisotopic (exact) mass is 315 g/mol. The molecule has 3 rings (SSSR count). The van der Waals surface area contributed by atoms with Crippen LogP contribution in [0.25, 0.3) is 10.9 Å². The molecule has 22 heavy (non-hydrogen) atoms. The molecule has 1 N–H and O–H groups in total. The van der Waals surface area contributed by atoms with Crippen LogP contribution in [0.3, 0.4) is 0 Å². The van der Waals surface area contributed by atoms with Gasteiger partial charge in [-0.2, -0.15) is 8.42 Å². The molecule has 0 atom stereocenters. The molecule has 0 spiro atoms. The Kier molecular flexibility index (Phi) is 3.46. The van der Waals surface area contributed by atoms with Crippen LogP contribution in [-0.4, -0.2) is 19.2 Å². The zero-order valence-electron chi connectivity index (χ0n) is 11.7. The number of hydrogen-bond donors (Lipinski definition) is 1. The molecule has 0 unspecified atom stereocenters. The highest BCUT2D eigenvalue weighted by Gasteiger charge is 2.17. The number of ketones is 1. The minimum atomic E-state index is -3.87. The van der Waals surface area contributed by atoms with Gasteiger partial charge in [0.2, 0.25) is 0 Å². The lowest BCUT2D eigenvalue weighted by Gasteiger charge is -2.07. The molecular formula is C16H13NO4S. The first-order valence-corrected chi connectivity index (χ1v) is 8.00. The van der Waals surface area contributed by atoms with Gasteiger partial charge in [-0.25, -0.2) is 0 Å². The van der Waals surface area contributed by atoms with Gasteiger partial charge in [0, 0.05) is 28.7 Å². The average molecular weight is 315 g/mol. The molecule has 0 aliphatic carbocycles. The molecule has 1 aromatic heterocycles. The molecule has 0 aliphatic rings. The Morgan fingerprint density at radius 2 is 1.82 bits per heavy atom. The van der Waals surface area contributed by atoms with Crippen LogP contribution >= 0.6 is 0 Å². The van der Waals surface area contributed by atoms with E-state index in [9.17, 15) is 13.2 Å². The number of carbonyl (C=O) groups is 1. The van der Waals surface area contributed by atoms with E-state index in [1.165, 1.54) is 25.1 Å². The molecule has 6 heteroatoms. The fourth-order valence-corrected chi connectivity index (χ4v) is 3.15. The Balaban J connectivity index is 1.97. The van der Waals surface area contributed by atoms with Gasteiger partial charge in [0.05, 0.1) is 0 Å². The molecular weight excluding hydrogens is 302 g/mol. The quantitative estimate of drug-likeness (QED) is 0.593. The molecule has 5 nitrogen and oxygen atoms in total. The second-order valence-electron chi connectivity index (χ2n) is 4.82. The Labute approximate surface area is 127 Å². The number of H-pyrrole nitrogens is 1. The van der Waals surface area contributed by atoms with Crippen LogP contribution in [0.5, 0.6) is 5.75 Å². The van der Waals surface area contributed by atoms with Gasteiger partial charge in [-0.3, -0.25) is 4.79 Å². The molecule has 0 amide bonds. The summed E-state index contributed by atoms with van der Waals surface area (Å²) in [4.78, 5) is 14.5. The smallest absolute Gasteiger partial charge is 0.339 e. The fraction of sp³-hybridized carbons (Fsp3) is 0.0625. The van der Waals surface area contributed by atoms with E-state index >= 15 is 0 Å². The van der Waals surface area contributed by atoms with E-state index in [0.717, 1.165) is 5.39 Å². The van der Waals surface area contributed by atoms with Crippen LogP contribution in [0.1, 0.15) is 17.3 Å². The Morgan fingerprint density at radius 3 is 2.50 bits per heavy atom. The van der Waals surface area contributed by atoms with Gasteiger partial charge < -0.3 is 9.17 Å². The minimum Gasteiger partial charge on any atom is -0.379 e. The third-order valence-electron chi connectivity index (χ3n) is 3.27. The van der Waals surface area contributed by atoms with Gasteiger partial charge >= 0.3 is 10.1 Å². The molecule has 0 radical (unpaired) electrons. The number of aromatic amines is 1. The van der Waals surface area contributed by atoms with Crippen LogP contribution in [0, 0.1) is 0 Å². The van der Waals surface area contributed by atoms with Crippen molar-refractivity contribution >= 4 is 26.8 Å². The molecule has 0 bridgehead atoms. The fourth-order valence-electron chi connectivity index (χ4n) is 2.21. The number of nitrogens with one attached hydrogen (secondary N) is 1. The molecule has 0 fully saturated rings. The van der Waals surface area contributed by atoms with Gasteiger partial charge in [0.1, 0.15) is 10.6 Å². The summed E-state index contributed by atoms with van der Waals surface area (Å²) in [5.74, 6) is 0.130. The topological polar surface area (TPSA) is 76.2 Å². The third-order valence-corrected chi connectivity index (χ3v) is 4.53. The summed E-state index contributed by atoms with van der Waals surface area (Å²) in [6.07, 6.45) is 1.60. The Morgan fingerprint density at radius 1 is 1.09 bits per heavy atom. The van der Waals surface area contributed by atoms with Crippen molar-refractivity contribution in [1.29, 1.82) is 0 Å². The predicted molar refractivity (Wildman–Crippen MR) is 82.6 cm³/mol. The summed E-state index contributed by atoms with van der Waals surface area (Å²) in [6.45, 7) is 1.48. The van der Waals surface area contributed by atoms with E-state index in [4.69, 9.17) is 4.18 Å². The van der Waals surface area contributed by atoms with E-state index in [1.54, 1.807) is 36.5 Å². The maximum Gasteiger partial charge on any atom is 0.339 e. The second-order valence-corrected chi connectivity index (χ2v) is 6.36. The summed E-state index contributed by atoms with van der Waals surface area (Å²) in [6, 6.07) is 12.7. The van der Waals surface area contributed by atoms with Crippen molar-refractivity contribution in [2.75, 3.05) is 0 Å². The lowest BCUT2D eigenvalue weighted by Crippen LogP contribution is -2.09. The van der Waals surface area contributed by atoms with Crippen molar-refractivity contribution in [3.8, 4) is 5.75 Å². The molecule has 112 valence electrons. The molecule has 0 saturated heterocycles. The standard InChI is InChI=1S/C16H13NO4S/c1-11(18)15-10-17-16-9-12(7-8-14(15)16)21-22(19,20)13-5-3-2-4-6-13/h2-10,17H,1H3. The second kappa shape index (κ2) is 5.31. The summed E-state index contributed by atoms with van der Waals surface area (Å²) < 4.78 is 29.5. The van der Waals surface area contributed by atoms with Crippen LogP contribution in [0.15, 0.2) is 59.6 Å². The number of carbonyl (C=O) groups excluding carboxylic acids is 1. The van der Waals surface area contributed by atoms with Crippen LogP contribution in [-0.2, 0) is 10.1 Å². The zero-order valence-corrected chi connectivity index (χ0v) is 12.6. The normalized spacial score (nSPS) is 11.5. The Bertz CT molecular complexity index is 943. The van der Waals surface area contributed by atoms with Gasteiger partial charge in [-0.05, 0) is 31.2 Å². The van der Waals surface area contributed by atoms with Crippen LogP contribution < -0.4 is 4.18 Å². The highest BCUT2D eigenvalue weighted by atomic mass is 32.2. The van der Waals surface area contributed by atoms with E-state index in [-0.39, 0.29) is 16.4 Å². The average Bonchev–Trinajstić information content (AvgIpc) is 2.91. The predicted octanol–water partition coefficient (Wildman–Crippen LogP) is 3.14. The van der Waals surface area contributed by atoms with Gasteiger partial charge in [0.15, 0.2) is 5.78 Å². The maximum absolute atomic E-state index is 12.2. The summed E-state index contributed by atoms with van der Waals surface area (Å²) in [7, 11) is -3.87. The van der Waals surface area contributed by atoms with E-state index in [1.807, 2.05) is 0 Å². The van der Waals surface area contributed by atoms with E-state index in [2.05, 4.69) is 4.98 Å². The number of fused-ring (bicyclic) bond motifs is 1. The highest BCUT2D eigenvalue weighted by Crippen LogP contribution is 2.25. The first-order chi connectivity index (χ1) is 10.5. The van der Waals surface area contributed by atoms with Crippen LogP contribution in [0.4, 0.5) is 0 Å². The molecule has 0 saturated carbocycles. The number of Topliss-reactive ketones (excluding diaryl/α,β-unsaturated/α-hetero) is 1. The minimum absolute atomic E-state index is 0.0585. The number of aromatic nitrogens is 1. The molecule has 2 aromatic carbocycles. The van der Waals surface area contributed by atoms with E-state index < -0.39 is 10.1 Å². The first-order valence-electron chi connectivity index (χ1n) is 6.59. The van der Waals surface area contributed by atoms with Crippen molar-refractivity contribution in [2.24, 2.45) is 0 Å². The van der Waals surface area contributed by atoms with Crippen molar-refractivity contribution in [3.63, 3.8) is 0 Å². The van der Waals surface area contributed by atoms with Crippen LogP contribution in [0.2, 0.25) is 0 Å². The lowest BCUT2D eigenvalue weighted by molar-refractivity contribution is 0.101. The molecule has 0 aliphatic heterocycles. The van der Waals surface area contributed by atoms with Gasteiger partial charge in [0.25, 0.3) is 0 Å². The SMILES string of the molecule is CC(=O)c1c[nH]c2cc(OS(=O)(=O)c3ccccc3)ccc12. The summed E-state index contributed by atoms with van der Waals surface area (Å²) in [5.41, 5.74) is 1.21. The lowest BCUT2D eigenvalue weighted by atomic mass is 10.1. The van der Waals surface area contributed by atoms with E-state index in [0.29, 0.717) is 11.1 Å². The summed E-state index contributed by atoms with van der Waals surface area (Å²) >= 11 is 0. The highest BCUT2D eigenvalue weighted by molar-refractivity contribution is 7.87. The number of benzene rings is 2. The largest absolute Gasteiger partial charge is 0.379 e. The zero-order chi connectivity index (χ0) is 15.7. The summed E-state index contributed by atoms with van der Waals surface area (Å²) in [5, 5.41) is 0.733. The van der Waals surface area contributed by atoms with Crippen molar-refractivity contribution in [3.05, 3.63) is 60.3 Å². The number of hydrogen-bond acceptors (Lipinski definition) is 4. The third kappa shape index (κ3) is 2.60. The van der Waals surface area contributed by atoms with Gasteiger partial charge in [-0.1, -0.05) is 18.2 Å². The first kappa shape index (κ1) is 14.3. The van der Waals surface area contributed by atoms with Gasteiger partial charge in [-0.15, -0.1) is 0 Å². The molecule has 1 heterocycles.